The van der Waals surface area contributed by atoms with Gasteiger partial charge in [-0.25, -0.2) is 0 Å². The number of rotatable bonds is 6. The number of carbonyl (C=O) groups is 1. The highest BCUT2D eigenvalue weighted by molar-refractivity contribution is 5.77. The molecule has 0 heterocycles. The summed E-state index contributed by atoms with van der Waals surface area (Å²) in [6.07, 6.45) is 3.24. The van der Waals surface area contributed by atoms with Crippen LogP contribution in [-0.4, -0.2) is 33.3 Å². The molecule has 0 aromatic heterocycles. The molecule has 1 aromatic rings. The number of fused-ring (bicyclic) bond motifs is 1. The molecular weight excluding hydrogens is 242 g/mol. The molecule has 1 aromatic carbocycles. The number of hydrogen-bond donors (Lipinski definition) is 1. The highest BCUT2D eigenvalue weighted by Gasteiger charge is 2.22. The van der Waals surface area contributed by atoms with E-state index in [1.54, 1.807) is 7.11 Å². The summed E-state index contributed by atoms with van der Waals surface area (Å²) in [5.41, 5.74) is 2.79. The Morgan fingerprint density at radius 2 is 2.26 bits per heavy atom. The quantitative estimate of drug-likeness (QED) is 0.852. The number of amides is 1. The molecule has 0 fully saturated rings. The molecule has 1 atom stereocenters. The summed E-state index contributed by atoms with van der Waals surface area (Å²) in [4.78, 5) is 11.3. The molecule has 0 saturated carbocycles. The molecule has 1 amide bonds. The van der Waals surface area contributed by atoms with Crippen LogP contribution in [0.4, 0.5) is 0 Å². The molecule has 19 heavy (non-hydrogen) atoms. The standard InChI is InChI=1S/C15H21NO3/c1-18-10-15(17)16-8-7-11-3-4-12-9-13(19-2)5-6-14(11)12/h5-6,9,11H,3-4,7-8,10H2,1-2H3,(H,16,17). The number of benzene rings is 1. The molecule has 104 valence electrons. The number of aryl methyl sites for hydroxylation is 1. The number of methoxy groups -OCH3 is 2. The first kappa shape index (κ1) is 13.9. The lowest BCUT2D eigenvalue weighted by Gasteiger charge is -2.12. The minimum absolute atomic E-state index is 0.0459. The average molecular weight is 263 g/mol. The smallest absolute Gasteiger partial charge is 0.245 e. The number of nitrogens with one attached hydrogen (secondary N) is 1. The van der Waals surface area contributed by atoms with Crippen molar-refractivity contribution in [2.75, 3.05) is 27.4 Å². The van der Waals surface area contributed by atoms with Gasteiger partial charge in [0.25, 0.3) is 0 Å². The maximum Gasteiger partial charge on any atom is 0.245 e. The fourth-order valence-corrected chi connectivity index (χ4v) is 2.68. The normalized spacial score (nSPS) is 17.1. The Hall–Kier alpha value is -1.55. The summed E-state index contributed by atoms with van der Waals surface area (Å²) in [5, 5.41) is 2.88. The molecule has 1 aliphatic carbocycles. The van der Waals surface area contributed by atoms with Crippen LogP contribution < -0.4 is 10.1 Å². The fraction of sp³-hybridized carbons (Fsp3) is 0.533. The Morgan fingerprint density at radius 1 is 1.42 bits per heavy atom. The Bertz CT molecular complexity index is 445. The Balaban J connectivity index is 1.87. The highest BCUT2D eigenvalue weighted by Crippen LogP contribution is 2.36. The van der Waals surface area contributed by atoms with Crippen molar-refractivity contribution in [3.63, 3.8) is 0 Å². The third-order valence-corrected chi connectivity index (χ3v) is 3.64. The first-order chi connectivity index (χ1) is 9.24. The first-order valence-electron chi connectivity index (χ1n) is 6.67. The Kier molecular flexibility index (Phi) is 4.80. The van der Waals surface area contributed by atoms with Gasteiger partial charge < -0.3 is 14.8 Å². The summed E-state index contributed by atoms with van der Waals surface area (Å²) in [7, 11) is 3.22. The largest absolute Gasteiger partial charge is 0.497 e. The average Bonchev–Trinajstić information content (AvgIpc) is 2.81. The van der Waals surface area contributed by atoms with Crippen molar-refractivity contribution in [2.45, 2.75) is 25.2 Å². The van der Waals surface area contributed by atoms with Crippen LogP contribution in [0.15, 0.2) is 18.2 Å². The van der Waals surface area contributed by atoms with E-state index in [4.69, 9.17) is 9.47 Å². The molecule has 0 spiro atoms. The van der Waals surface area contributed by atoms with Crippen LogP contribution >= 0.6 is 0 Å². The summed E-state index contributed by atoms with van der Waals surface area (Å²) < 4.78 is 10.0. The van der Waals surface area contributed by atoms with Gasteiger partial charge in [0, 0.05) is 13.7 Å². The van der Waals surface area contributed by atoms with E-state index in [-0.39, 0.29) is 12.5 Å². The Morgan fingerprint density at radius 3 is 3.00 bits per heavy atom. The first-order valence-corrected chi connectivity index (χ1v) is 6.67. The molecule has 1 aliphatic rings. The Labute approximate surface area is 114 Å². The maximum absolute atomic E-state index is 11.3. The third-order valence-electron chi connectivity index (χ3n) is 3.64. The van der Waals surface area contributed by atoms with Gasteiger partial charge >= 0.3 is 0 Å². The number of hydrogen-bond acceptors (Lipinski definition) is 3. The molecular formula is C15H21NO3. The number of ether oxygens (including phenoxy) is 2. The molecule has 4 heteroatoms. The van der Waals surface area contributed by atoms with Gasteiger partial charge in [0.2, 0.25) is 5.91 Å². The van der Waals surface area contributed by atoms with E-state index in [9.17, 15) is 4.79 Å². The summed E-state index contributed by atoms with van der Waals surface area (Å²) in [6, 6.07) is 6.29. The molecule has 1 N–H and O–H groups in total. The van der Waals surface area contributed by atoms with E-state index in [0.717, 1.165) is 25.0 Å². The second kappa shape index (κ2) is 6.57. The van der Waals surface area contributed by atoms with Gasteiger partial charge in [0.05, 0.1) is 7.11 Å². The van der Waals surface area contributed by atoms with Gasteiger partial charge in [-0.2, -0.15) is 0 Å². The van der Waals surface area contributed by atoms with Crippen molar-refractivity contribution in [3.8, 4) is 5.75 Å². The van der Waals surface area contributed by atoms with Gasteiger partial charge in [-0.05, 0) is 48.4 Å². The summed E-state index contributed by atoms with van der Waals surface area (Å²) >= 11 is 0. The zero-order chi connectivity index (χ0) is 13.7. The van der Waals surface area contributed by atoms with Crippen LogP contribution in [0.5, 0.6) is 5.75 Å². The van der Waals surface area contributed by atoms with Crippen molar-refractivity contribution < 1.29 is 14.3 Å². The second-order valence-corrected chi connectivity index (χ2v) is 4.87. The minimum Gasteiger partial charge on any atom is -0.497 e. The lowest BCUT2D eigenvalue weighted by molar-refractivity contribution is -0.124. The van der Waals surface area contributed by atoms with Gasteiger partial charge in [0.15, 0.2) is 0 Å². The highest BCUT2D eigenvalue weighted by atomic mass is 16.5. The second-order valence-electron chi connectivity index (χ2n) is 4.87. The van der Waals surface area contributed by atoms with Gasteiger partial charge in [-0.15, -0.1) is 0 Å². The van der Waals surface area contributed by atoms with Crippen molar-refractivity contribution in [1.29, 1.82) is 0 Å². The SMILES string of the molecule is COCC(=O)NCCC1CCc2cc(OC)ccc21. The monoisotopic (exact) mass is 263 g/mol. The zero-order valence-electron chi connectivity index (χ0n) is 11.6. The molecule has 2 rings (SSSR count). The van der Waals surface area contributed by atoms with Crippen LogP contribution in [0.3, 0.4) is 0 Å². The van der Waals surface area contributed by atoms with Gasteiger partial charge in [0.1, 0.15) is 12.4 Å². The molecule has 0 radical (unpaired) electrons. The van der Waals surface area contributed by atoms with Crippen LogP contribution in [0.1, 0.15) is 29.9 Å². The molecule has 0 saturated heterocycles. The van der Waals surface area contributed by atoms with Gasteiger partial charge in [-0.1, -0.05) is 6.07 Å². The number of carbonyl (C=O) groups excluding carboxylic acids is 1. The lowest BCUT2D eigenvalue weighted by atomic mass is 9.98. The van der Waals surface area contributed by atoms with Crippen molar-refractivity contribution >= 4 is 5.91 Å². The lowest BCUT2D eigenvalue weighted by Crippen LogP contribution is -2.28. The van der Waals surface area contributed by atoms with Crippen LogP contribution in [0.25, 0.3) is 0 Å². The fourth-order valence-electron chi connectivity index (χ4n) is 2.68. The van der Waals surface area contributed by atoms with Crippen LogP contribution in [-0.2, 0) is 16.0 Å². The van der Waals surface area contributed by atoms with Gasteiger partial charge in [-0.3, -0.25) is 4.79 Å². The predicted molar refractivity (Wildman–Crippen MR) is 73.6 cm³/mol. The van der Waals surface area contributed by atoms with Crippen LogP contribution in [0.2, 0.25) is 0 Å². The molecule has 0 aliphatic heterocycles. The van der Waals surface area contributed by atoms with Crippen molar-refractivity contribution in [3.05, 3.63) is 29.3 Å². The summed E-state index contributed by atoms with van der Waals surface area (Å²) in [6.45, 7) is 0.844. The van der Waals surface area contributed by atoms with Crippen molar-refractivity contribution in [2.24, 2.45) is 0 Å². The van der Waals surface area contributed by atoms with Crippen LogP contribution in [0, 0.1) is 0 Å². The minimum atomic E-state index is -0.0459. The maximum atomic E-state index is 11.3. The van der Waals surface area contributed by atoms with E-state index in [1.165, 1.54) is 18.2 Å². The summed E-state index contributed by atoms with van der Waals surface area (Å²) in [5.74, 6) is 1.42. The van der Waals surface area contributed by atoms with E-state index in [2.05, 4.69) is 17.4 Å². The molecule has 0 bridgehead atoms. The third kappa shape index (κ3) is 3.47. The molecule has 1 unspecified atom stereocenters. The predicted octanol–water partition coefficient (Wildman–Crippen LogP) is 1.88. The van der Waals surface area contributed by atoms with E-state index < -0.39 is 0 Å². The van der Waals surface area contributed by atoms with Crippen molar-refractivity contribution in [1.82, 2.24) is 5.32 Å². The topological polar surface area (TPSA) is 47.6 Å². The van der Waals surface area contributed by atoms with E-state index >= 15 is 0 Å². The van der Waals surface area contributed by atoms with E-state index in [0.29, 0.717) is 12.5 Å². The van der Waals surface area contributed by atoms with E-state index in [1.807, 2.05) is 6.07 Å². The zero-order valence-corrected chi connectivity index (χ0v) is 11.6. The molecule has 4 nitrogen and oxygen atoms in total.